The van der Waals surface area contributed by atoms with E-state index < -0.39 is 0 Å². The number of halogens is 1. The van der Waals surface area contributed by atoms with E-state index in [-0.39, 0.29) is 5.82 Å². The Hall–Kier alpha value is -0.890. The monoisotopic (exact) mass is 249 g/mol. The lowest BCUT2D eigenvalue weighted by Crippen LogP contribution is -2.31. The van der Waals surface area contributed by atoms with Gasteiger partial charge in [0.25, 0.3) is 0 Å². The summed E-state index contributed by atoms with van der Waals surface area (Å²) in [6.45, 7) is 4.52. The van der Waals surface area contributed by atoms with E-state index in [1.807, 2.05) is 12.1 Å². The number of hydrogen-bond donors (Lipinski definition) is 1. The number of rotatable bonds is 3. The van der Waals surface area contributed by atoms with Gasteiger partial charge in [0.1, 0.15) is 5.82 Å². The van der Waals surface area contributed by atoms with Crippen molar-refractivity contribution in [3.63, 3.8) is 0 Å². The molecule has 0 amide bonds. The van der Waals surface area contributed by atoms with Gasteiger partial charge in [0, 0.05) is 12.1 Å². The Morgan fingerprint density at radius 2 is 1.83 bits per heavy atom. The van der Waals surface area contributed by atoms with Crippen molar-refractivity contribution in [2.75, 3.05) is 0 Å². The standard InChI is InChI=1S/C16H24FN/c1-12-4-3-5-16(11-6-12)18-13(2)14-7-9-15(17)10-8-14/h7-10,12-13,16,18H,3-6,11H2,1-2H3/t12?,13-,16?/m0/s1. The second-order valence-electron chi connectivity index (χ2n) is 5.75. The van der Waals surface area contributed by atoms with Crippen LogP contribution < -0.4 is 5.32 Å². The molecular weight excluding hydrogens is 225 g/mol. The van der Waals surface area contributed by atoms with Gasteiger partial charge in [0.2, 0.25) is 0 Å². The van der Waals surface area contributed by atoms with Gasteiger partial charge in [-0.1, -0.05) is 31.9 Å². The summed E-state index contributed by atoms with van der Waals surface area (Å²) >= 11 is 0. The maximum Gasteiger partial charge on any atom is 0.123 e. The van der Waals surface area contributed by atoms with E-state index >= 15 is 0 Å². The number of hydrogen-bond acceptors (Lipinski definition) is 1. The molecule has 3 atom stereocenters. The van der Waals surface area contributed by atoms with Crippen molar-refractivity contribution in [3.8, 4) is 0 Å². The molecular formula is C16H24FN. The molecule has 1 fully saturated rings. The van der Waals surface area contributed by atoms with Crippen LogP contribution >= 0.6 is 0 Å². The molecule has 0 aliphatic heterocycles. The minimum Gasteiger partial charge on any atom is -0.307 e. The third-order valence-electron chi connectivity index (χ3n) is 4.11. The SMILES string of the molecule is CC1CCCC(N[C@@H](C)c2ccc(F)cc2)CC1. The highest BCUT2D eigenvalue weighted by molar-refractivity contribution is 5.19. The molecule has 0 heterocycles. The van der Waals surface area contributed by atoms with Gasteiger partial charge in [-0.3, -0.25) is 0 Å². The topological polar surface area (TPSA) is 12.0 Å². The molecule has 0 radical (unpaired) electrons. The fourth-order valence-electron chi connectivity index (χ4n) is 2.85. The molecule has 1 saturated carbocycles. The lowest BCUT2D eigenvalue weighted by atomic mass is 10.0. The molecule has 1 N–H and O–H groups in total. The first-order valence-corrected chi connectivity index (χ1v) is 7.16. The molecule has 18 heavy (non-hydrogen) atoms. The van der Waals surface area contributed by atoms with Crippen LogP contribution in [0.3, 0.4) is 0 Å². The minimum absolute atomic E-state index is 0.158. The maximum atomic E-state index is 12.9. The highest BCUT2D eigenvalue weighted by atomic mass is 19.1. The number of nitrogens with one attached hydrogen (secondary N) is 1. The van der Waals surface area contributed by atoms with Crippen LogP contribution in [0.4, 0.5) is 4.39 Å². The highest BCUT2D eigenvalue weighted by Crippen LogP contribution is 2.24. The summed E-state index contributed by atoms with van der Waals surface area (Å²) in [4.78, 5) is 0. The minimum atomic E-state index is -0.158. The van der Waals surface area contributed by atoms with Crippen LogP contribution in [0.5, 0.6) is 0 Å². The fourth-order valence-corrected chi connectivity index (χ4v) is 2.85. The smallest absolute Gasteiger partial charge is 0.123 e. The molecule has 0 bridgehead atoms. The first-order chi connectivity index (χ1) is 8.65. The Morgan fingerprint density at radius 3 is 2.56 bits per heavy atom. The molecule has 1 aliphatic carbocycles. The van der Waals surface area contributed by atoms with E-state index in [1.165, 1.54) is 37.7 Å². The normalized spacial score (nSPS) is 26.6. The van der Waals surface area contributed by atoms with Gasteiger partial charge in [-0.15, -0.1) is 0 Å². The van der Waals surface area contributed by atoms with Crippen molar-refractivity contribution in [1.82, 2.24) is 5.32 Å². The summed E-state index contributed by atoms with van der Waals surface area (Å²) in [6.07, 6.45) is 6.56. The molecule has 0 aromatic heterocycles. The van der Waals surface area contributed by atoms with E-state index in [2.05, 4.69) is 19.2 Å². The van der Waals surface area contributed by atoms with E-state index in [0.29, 0.717) is 12.1 Å². The predicted molar refractivity (Wildman–Crippen MR) is 74.0 cm³/mol. The molecule has 1 aliphatic rings. The summed E-state index contributed by atoms with van der Waals surface area (Å²) in [5, 5.41) is 3.69. The Bertz CT molecular complexity index is 360. The van der Waals surface area contributed by atoms with Crippen LogP contribution in [0.1, 0.15) is 57.6 Å². The summed E-state index contributed by atoms with van der Waals surface area (Å²) in [5.41, 5.74) is 1.17. The van der Waals surface area contributed by atoms with Crippen LogP contribution in [-0.4, -0.2) is 6.04 Å². The van der Waals surface area contributed by atoms with E-state index in [1.54, 1.807) is 12.1 Å². The third-order valence-corrected chi connectivity index (χ3v) is 4.11. The Morgan fingerprint density at radius 1 is 1.11 bits per heavy atom. The highest BCUT2D eigenvalue weighted by Gasteiger charge is 2.18. The van der Waals surface area contributed by atoms with Gasteiger partial charge < -0.3 is 5.32 Å². The molecule has 100 valence electrons. The summed E-state index contributed by atoms with van der Waals surface area (Å²) in [7, 11) is 0. The lowest BCUT2D eigenvalue weighted by Gasteiger charge is -2.22. The van der Waals surface area contributed by atoms with Crippen molar-refractivity contribution < 1.29 is 4.39 Å². The average molecular weight is 249 g/mol. The Balaban J connectivity index is 1.90. The van der Waals surface area contributed by atoms with Crippen LogP contribution in [-0.2, 0) is 0 Å². The molecule has 1 aromatic carbocycles. The van der Waals surface area contributed by atoms with Crippen LogP contribution in [0, 0.1) is 11.7 Å². The third kappa shape index (κ3) is 3.81. The van der Waals surface area contributed by atoms with Gasteiger partial charge in [-0.05, 0) is 49.8 Å². The fraction of sp³-hybridized carbons (Fsp3) is 0.625. The van der Waals surface area contributed by atoms with Crippen molar-refractivity contribution in [3.05, 3.63) is 35.6 Å². The van der Waals surface area contributed by atoms with E-state index in [4.69, 9.17) is 0 Å². The molecule has 2 unspecified atom stereocenters. The van der Waals surface area contributed by atoms with E-state index in [0.717, 1.165) is 5.92 Å². The molecule has 1 aromatic rings. The lowest BCUT2D eigenvalue weighted by molar-refractivity contribution is 0.408. The molecule has 2 heteroatoms. The van der Waals surface area contributed by atoms with Crippen molar-refractivity contribution >= 4 is 0 Å². The average Bonchev–Trinajstić information content (AvgIpc) is 2.55. The van der Waals surface area contributed by atoms with Crippen molar-refractivity contribution in [2.45, 2.75) is 58.0 Å². The second kappa shape index (κ2) is 6.33. The first kappa shape index (κ1) is 13.5. The zero-order valence-corrected chi connectivity index (χ0v) is 11.5. The van der Waals surface area contributed by atoms with E-state index in [9.17, 15) is 4.39 Å². The Labute approximate surface area is 110 Å². The van der Waals surface area contributed by atoms with Gasteiger partial charge in [0.05, 0.1) is 0 Å². The summed E-state index contributed by atoms with van der Waals surface area (Å²) < 4.78 is 12.9. The van der Waals surface area contributed by atoms with Crippen LogP contribution in [0.15, 0.2) is 24.3 Å². The van der Waals surface area contributed by atoms with Crippen LogP contribution in [0.25, 0.3) is 0 Å². The van der Waals surface area contributed by atoms with Gasteiger partial charge in [-0.25, -0.2) is 4.39 Å². The molecule has 0 spiro atoms. The summed E-state index contributed by atoms with van der Waals surface area (Å²) in [5.74, 6) is 0.715. The zero-order valence-electron chi connectivity index (χ0n) is 11.5. The predicted octanol–water partition coefficient (Wildman–Crippen LogP) is 4.45. The van der Waals surface area contributed by atoms with Gasteiger partial charge in [0.15, 0.2) is 0 Å². The zero-order chi connectivity index (χ0) is 13.0. The van der Waals surface area contributed by atoms with Crippen molar-refractivity contribution in [1.29, 1.82) is 0 Å². The number of benzene rings is 1. The largest absolute Gasteiger partial charge is 0.307 e. The summed E-state index contributed by atoms with van der Waals surface area (Å²) in [6, 6.07) is 7.78. The van der Waals surface area contributed by atoms with Gasteiger partial charge in [-0.2, -0.15) is 0 Å². The second-order valence-corrected chi connectivity index (χ2v) is 5.75. The first-order valence-electron chi connectivity index (χ1n) is 7.16. The Kier molecular flexibility index (Phi) is 4.76. The molecule has 2 rings (SSSR count). The van der Waals surface area contributed by atoms with Crippen LogP contribution in [0.2, 0.25) is 0 Å². The van der Waals surface area contributed by atoms with Gasteiger partial charge >= 0.3 is 0 Å². The quantitative estimate of drug-likeness (QED) is 0.781. The maximum absolute atomic E-state index is 12.9. The van der Waals surface area contributed by atoms with Crippen molar-refractivity contribution in [2.24, 2.45) is 5.92 Å². The molecule has 1 nitrogen and oxygen atoms in total. The molecule has 0 saturated heterocycles.